The van der Waals surface area contributed by atoms with E-state index in [2.05, 4.69) is 5.32 Å². The number of aromatic carboxylic acids is 1. The number of nitrogens with zero attached hydrogens (tertiary/aromatic N) is 1. The number of halogens is 1. The summed E-state index contributed by atoms with van der Waals surface area (Å²) >= 11 is 6.06. The molecule has 122 valence electrons. The number of amides is 2. The Morgan fingerprint density at radius 3 is 2.62 bits per heavy atom. The van der Waals surface area contributed by atoms with E-state index in [0.717, 1.165) is 4.90 Å². The van der Waals surface area contributed by atoms with Gasteiger partial charge in [-0.1, -0.05) is 29.8 Å². The van der Waals surface area contributed by atoms with Crippen molar-refractivity contribution in [1.29, 1.82) is 0 Å². The van der Waals surface area contributed by atoms with Crippen molar-refractivity contribution >= 4 is 40.8 Å². The smallest absolute Gasteiger partial charge is 0.335 e. The Hall–Kier alpha value is -2.86. The quantitative estimate of drug-likeness (QED) is 0.833. The molecule has 2 amide bonds. The fourth-order valence-corrected chi connectivity index (χ4v) is 2.75. The summed E-state index contributed by atoms with van der Waals surface area (Å²) in [5.74, 6) is -1.96. The topological polar surface area (TPSA) is 86.7 Å². The van der Waals surface area contributed by atoms with Crippen molar-refractivity contribution in [2.45, 2.75) is 12.5 Å². The lowest BCUT2D eigenvalue weighted by molar-refractivity contribution is -0.121. The van der Waals surface area contributed by atoms with E-state index in [1.807, 2.05) is 0 Å². The molecule has 0 spiro atoms. The summed E-state index contributed by atoms with van der Waals surface area (Å²) in [5, 5.41) is 12.5. The van der Waals surface area contributed by atoms with Gasteiger partial charge < -0.3 is 10.4 Å². The molecule has 2 N–H and O–H groups in total. The molecule has 1 heterocycles. The molecule has 2 aromatic rings. The Morgan fingerprint density at radius 1 is 1.17 bits per heavy atom. The molecule has 1 atom stereocenters. The normalized spacial score (nSPS) is 17.2. The highest BCUT2D eigenvalue weighted by Gasteiger charge is 2.39. The molecule has 2 aromatic carbocycles. The maximum atomic E-state index is 12.6. The molecule has 0 aromatic heterocycles. The maximum Gasteiger partial charge on any atom is 0.335 e. The number of carboxylic acid groups (broad SMARTS) is 1. The van der Waals surface area contributed by atoms with Crippen LogP contribution in [0.15, 0.2) is 48.5 Å². The number of imide groups is 1. The monoisotopic (exact) mass is 344 g/mol. The van der Waals surface area contributed by atoms with Crippen molar-refractivity contribution in [2.24, 2.45) is 0 Å². The highest BCUT2D eigenvalue weighted by Crippen LogP contribution is 2.28. The molecule has 24 heavy (non-hydrogen) atoms. The Kier molecular flexibility index (Phi) is 4.22. The van der Waals surface area contributed by atoms with Gasteiger partial charge in [0.25, 0.3) is 5.91 Å². The summed E-state index contributed by atoms with van der Waals surface area (Å²) < 4.78 is 0. The van der Waals surface area contributed by atoms with Crippen molar-refractivity contribution < 1.29 is 19.5 Å². The number of carbonyl (C=O) groups excluding carboxylic acids is 2. The average molecular weight is 345 g/mol. The SMILES string of the molecule is O=C(O)c1cccc(N2C(=O)C[C@@H](Nc3ccccc3Cl)C2=O)c1. The molecule has 0 aliphatic carbocycles. The first-order valence-electron chi connectivity index (χ1n) is 7.18. The minimum atomic E-state index is -1.12. The number of benzene rings is 2. The number of nitrogens with one attached hydrogen (secondary N) is 1. The highest BCUT2D eigenvalue weighted by molar-refractivity contribution is 6.33. The largest absolute Gasteiger partial charge is 0.478 e. The van der Waals surface area contributed by atoms with Crippen LogP contribution in [0.4, 0.5) is 11.4 Å². The van der Waals surface area contributed by atoms with Crippen molar-refractivity contribution in [2.75, 3.05) is 10.2 Å². The number of anilines is 2. The van der Waals surface area contributed by atoms with Gasteiger partial charge in [0.1, 0.15) is 6.04 Å². The van der Waals surface area contributed by atoms with Gasteiger partial charge >= 0.3 is 5.97 Å². The fourth-order valence-electron chi connectivity index (χ4n) is 2.56. The Bertz CT molecular complexity index is 837. The zero-order valence-electron chi connectivity index (χ0n) is 12.4. The van der Waals surface area contributed by atoms with Crippen molar-refractivity contribution in [3.8, 4) is 0 Å². The van der Waals surface area contributed by atoms with E-state index in [-0.39, 0.29) is 17.7 Å². The second-order valence-corrected chi connectivity index (χ2v) is 5.71. The molecule has 0 saturated carbocycles. The first kappa shape index (κ1) is 16.0. The number of para-hydroxylation sites is 1. The third kappa shape index (κ3) is 2.96. The molecular formula is C17H13ClN2O4. The van der Waals surface area contributed by atoms with E-state index in [1.54, 1.807) is 24.3 Å². The summed E-state index contributed by atoms with van der Waals surface area (Å²) in [6, 6.07) is 11.9. The standard InChI is InChI=1S/C17H13ClN2O4/c18-12-6-1-2-7-13(12)19-14-9-15(21)20(16(14)22)11-5-3-4-10(8-11)17(23)24/h1-8,14,19H,9H2,(H,23,24)/t14-/m1/s1. The molecule has 1 saturated heterocycles. The van der Waals surface area contributed by atoms with Crippen molar-refractivity contribution in [3.05, 3.63) is 59.1 Å². The lowest BCUT2D eigenvalue weighted by atomic mass is 10.2. The molecule has 1 fully saturated rings. The highest BCUT2D eigenvalue weighted by atomic mass is 35.5. The number of carboxylic acids is 1. The molecule has 3 rings (SSSR count). The van der Waals surface area contributed by atoms with Gasteiger partial charge in [0.15, 0.2) is 0 Å². The molecule has 1 aliphatic heterocycles. The fraction of sp³-hybridized carbons (Fsp3) is 0.118. The van der Waals surface area contributed by atoms with Crippen LogP contribution in [0.3, 0.4) is 0 Å². The minimum Gasteiger partial charge on any atom is -0.478 e. The van der Waals surface area contributed by atoms with Gasteiger partial charge in [0, 0.05) is 0 Å². The van der Waals surface area contributed by atoms with E-state index < -0.39 is 23.8 Å². The Balaban J connectivity index is 1.86. The van der Waals surface area contributed by atoms with Crippen LogP contribution in [0.2, 0.25) is 5.02 Å². The molecular weight excluding hydrogens is 332 g/mol. The zero-order chi connectivity index (χ0) is 17.3. The zero-order valence-corrected chi connectivity index (χ0v) is 13.2. The van der Waals surface area contributed by atoms with Gasteiger partial charge in [0.2, 0.25) is 5.91 Å². The molecule has 0 unspecified atom stereocenters. The van der Waals surface area contributed by atoms with Crippen LogP contribution in [-0.4, -0.2) is 28.9 Å². The van der Waals surface area contributed by atoms with Crippen LogP contribution in [-0.2, 0) is 9.59 Å². The van der Waals surface area contributed by atoms with E-state index in [1.165, 1.54) is 24.3 Å². The number of carbonyl (C=O) groups is 3. The first-order valence-corrected chi connectivity index (χ1v) is 7.56. The van der Waals surface area contributed by atoms with Gasteiger partial charge in [-0.3, -0.25) is 9.59 Å². The van der Waals surface area contributed by atoms with E-state index in [0.29, 0.717) is 10.7 Å². The van der Waals surface area contributed by atoms with Gasteiger partial charge in [-0.05, 0) is 30.3 Å². The van der Waals surface area contributed by atoms with Gasteiger partial charge in [-0.15, -0.1) is 0 Å². The van der Waals surface area contributed by atoms with Crippen LogP contribution in [0.5, 0.6) is 0 Å². The van der Waals surface area contributed by atoms with Crippen LogP contribution in [0.1, 0.15) is 16.8 Å². The summed E-state index contributed by atoms with van der Waals surface area (Å²) in [4.78, 5) is 36.9. The number of hydrogen-bond donors (Lipinski definition) is 2. The van der Waals surface area contributed by atoms with Gasteiger partial charge in [0.05, 0.1) is 28.4 Å². The predicted octanol–water partition coefficient (Wildman–Crippen LogP) is 2.78. The minimum absolute atomic E-state index is 0.00983. The number of rotatable bonds is 4. The summed E-state index contributed by atoms with van der Waals surface area (Å²) in [6.07, 6.45) is -0.0264. The molecule has 6 nitrogen and oxygen atoms in total. The lowest BCUT2D eigenvalue weighted by Gasteiger charge is -2.17. The Labute approximate surface area is 142 Å². The molecule has 7 heteroatoms. The molecule has 1 aliphatic rings. The van der Waals surface area contributed by atoms with Crippen LogP contribution in [0.25, 0.3) is 0 Å². The van der Waals surface area contributed by atoms with Gasteiger partial charge in [-0.25, -0.2) is 9.69 Å². The lowest BCUT2D eigenvalue weighted by Crippen LogP contribution is -2.35. The van der Waals surface area contributed by atoms with E-state index in [4.69, 9.17) is 16.7 Å². The van der Waals surface area contributed by atoms with Gasteiger partial charge in [-0.2, -0.15) is 0 Å². The maximum absolute atomic E-state index is 12.6. The molecule has 0 radical (unpaired) electrons. The Morgan fingerprint density at radius 2 is 1.92 bits per heavy atom. The van der Waals surface area contributed by atoms with Crippen LogP contribution < -0.4 is 10.2 Å². The summed E-state index contributed by atoms with van der Waals surface area (Å²) in [5.41, 5.74) is 0.815. The first-order chi connectivity index (χ1) is 11.5. The predicted molar refractivity (Wildman–Crippen MR) is 89.4 cm³/mol. The van der Waals surface area contributed by atoms with Crippen molar-refractivity contribution in [3.63, 3.8) is 0 Å². The summed E-state index contributed by atoms with van der Waals surface area (Å²) in [7, 11) is 0. The second-order valence-electron chi connectivity index (χ2n) is 5.30. The van der Waals surface area contributed by atoms with Crippen molar-refractivity contribution in [1.82, 2.24) is 0 Å². The third-order valence-electron chi connectivity index (χ3n) is 3.70. The third-order valence-corrected chi connectivity index (χ3v) is 4.03. The van der Waals surface area contributed by atoms with E-state index in [9.17, 15) is 14.4 Å². The van der Waals surface area contributed by atoms with Crippen LogP contribution in [0, 0.1) is 0 Å². The molecule has 0 bridgehead atoms. The number of hydrogen-bond acceptors (Lipinski definition) is 4. The summed E-state index contributed by atoms with van der Waals surface area (Å²) in [6.45, 7) is 0. The van der Waals surface area contributed by atoms with Crippen LogP contribution >= 0.6 is 11.6 Å². The van der Waals surface area contributed by atoms with E-state index >= 15 is 0 Å². The average Bonchev–Trinajstić information content (AvgIpc) is 2.83. The second kappa shape index (κ2) is 6.33.